The predicted octanol–water partition coefficient (Wildman–Crippen LogP) is 2.02. The normalized spacial score (nSPS) is 24.3. The van der Waals surface area contributed by atoms with Crippen molar-refractivity contribution in [1.82, 2.24) is 14.7 Å². The quantitative estimate of drug-likeness (QED) is 0.849. The van der Waals surface area contributed by atoms with E-state index in [1.165, 1.54) is 18.5 Å². The summed E-state index contributed by atoms with van der Waals surface area (Å²) in [7, 11) is 1.93. The molecule has 1 aliphatic rings. The molecule has 18 heavy (non-hydrogen) atoms. The molecular formula is C14H20N4. The Morgan fingerprint density at radius 2 is 2.39 bits per heavy atom. The van der Waals surface area contributed by atoms with E-state index >= 15 is 0 Å². The average molecular weight is 244 g/mol. The molecule has 2 aromatic heterocycles. The molecule has 2 N–H and O–H groups in total. The fourth-order valence-corrected chi connectivity index (χ4v) is 2.80. The average Bonchev–Trinajstić information content (AvgIpc) is 2.86. The SMILES string of the molecule is CNc1nc([C@@]2(C)CCCNC2)cn2cccc12. The second-order valence-corrected chi connectivity index (χ2v) is 5.37. The number of fused-ring (bicyclic) bond motifs is 1. The van der Waals surface area contributed by atoms with Crippen LogP contribution in [0.5, 0.6) is 0 Å². The van der Waals surface area contributed by atoms with E-state index in [0.29, 0.717) is 0 Å². The summed E-state index contributed by atoms with van der Waals surface area (Å²) < 4.78 is 2.16. The van der Waals surface area contributed by atoms with E-state index in [2.05, 4.69) is 46.5 Å². The molecular weight excluding hydrogens is 224 g/mol. The second kappa shape index (κ2) is 4.28. The van der Waals surface area contributed by atoms with Crippen molar-refractivity contribution >= 4 is 11.3 Å². The molecule has 0 amide bonds. The van der Waals surface area contributed by atoms with Gasteiger partial charge >= 0.3 is 0 Å². The van der Waals surface area contributed by atoms with Crippen molar-refractivity contribution in [2.45, 2.75) is 25.2 Å². The van der Waals surface area contributed by atoms with Gasteiger partial charge in [-0.3, -0.25) is 0 Å². The summed E-state index contributed by atoms with van der Waals surface area (Å²) in [5, 5.41) is 6.68. The lowest BCUT2D eigenvalue weighted by atomic mass is 9.80. The molecule has 1 saturated heterocycles. The van der Waals surface area contributed by atoms with Gasteiger partial charge in [0.05, 0.1) is 11.2 Å². The zero-order valence-corrected chi connectivity index (χ0v) is 11.0. The van der Waals surface area contributed by atoms with Crippen LogP contribution in [0.3, 0.4) is 0 Å². The summed E-state index contributed by atoms with van der Waals surface area (Å²) >= 11 is 0. The number of hydrogen-bond acceptors (Lipinski definition) is 3. The summed E-state index contributed by atoms with van der Waals surface area (Å²) in [6, 6.07) is 4.15. The van der Waals surface area contributed by atoms with Crippen LogP contribution >= 0.6 is 0 Å². The molecule has 0 aliphatic carbocycles. The Kier molecular flexibility index (Phi) is 2.74. The Balaban J connectivity index is 2.10. The van der Waals surface area contributed by atoms with Crippen molar-refractivity contribution in [3.05, 3.63) is 30.2 Å². The number of nitrogens with one attached hydrogen (secondary N) is 2. The van der Waals surface area contributed by atoms with Gasteiger partial charge in [0.2, 0.25) is 0 Å². The third kappa shape index (κ3) is 1.77. The molecule has 3 heterocycles. The second-order valence-electron chi connectivity index (χ2n) is 5.37. The Hall–Kier alpha value is -1.55. The van der Waals surface area contributed by atoms with Gasteiger partial charge in [0.1, 0.15) is 5.82 Å². The van der Waals surface area contributed by atoms with Crippen LogP contribution in [-0.2, 0) is 5.41 Å². The molecule has 0 spiro atoms. The van der Waals surface area contributed by atoms with Crippen LogP contribution in [0, 0.1) is 0 Å². The van der Waals surface area contributed by atoms with Gasteiger partial charge < -0.3 is 15.0 Å². The van der Waals surface area contributed by atoms with E-state index in [1.54, 1.807) is 0 Å². The fourth-order valence-electron chi connectivity index (χ4n) is 2.80. The molecule has 3 rings (SSSR count). The first kappa shape index (κ1) is 11.5. The van der Waals surface area contributed by atoms with Crippen molar-refractivity contribution in [2.24, 2.45) is 0 Å². The number of anilines is 1. The van der Waals surface area contributed by atoms with Gasteiger partial charge in [-0.25, -0.2) is 4.98 Å². The van der Waals surface area contributed by atoms with Crippen molar-refractivity contribution in [3.63, 3.8) is 0 Å². The Morgan fingerprint density at radius 3 is 3.11 bits per heavy atom. The smallest absolute Gasteiger partial charge is 0.150 e. The maximum atomic E-state index is 4.82. The van der Waals surface area contributed by atoms with Crippen LogP contribution in [0.25, 0.3) is 5.52 Å². The molecule has 1 fully saturated rings. The number of nitrogens with zero attached hydrogens (tertiary/aromatic N) is 2. The largest absolute Gasteiger partial charge is 0.371 e. The molecule has 0 bridgehead atoms. The molecule has 0 radical (unpaired) electrons. The highest BCUT2D eigenvalue weighted by molar-refractivity contribution is 5.68. The van der Waals surface area contributed by atoms with Crippen molar-refractivity contribution in [1.29, 1.82) is 0 Å². The minimum absolute atomic E-state index is 0.141. The molecule has 96 valence electrons. The predicted molar refractivity (Wildman–Crippen MR) is 74.2 cm³/mol. The Morgan fingerprint density at radius 1 is 1.50 bits per heavy atom. The standard InChI is InChI=1S/C14H20N4/c1-14(6-4-7-16-10-14)12-9-18-8-3-5-11(18)13(15-2)17-12/h3,5,8-9,16H,4,6-7,10H2,1-2H3,(H,15,17)/t14-/m0/s1. The first-order chi connectivity index (χ1) is 8.73. The van der Waals surface area contributed by atoms with Crippen LogP contribution in [0.1, 0.15) is 25.5 Å². The molecule has 0 saturated carbocycles. The van der Waals surface area contributed by atoms with E-state index in [0.717, 1.165) is 24.4 Å². The number of piperidine rings is 1. The van der Waals surface area contributed by atoms with Gasteiger partial charge in [0.25, 0.3) is 0 Å². The number of hydrogen-bond donors (Lipinski definition) is 2. The summed E-state index contributed by atoms with van der Waals surface area (Å²) in [6.45, 7) is 4.44. The van der Waals surface area contributed by atoms with Crippen LogP contribution in [0.2, 0.25) is 0 Å². The molecule has 1 atom stereocenters. The van der Waals surface area contributed by atoms with E-state index in [1.807, 2.05) is 7.05 Å². The minimum Gasteiger partial charge on any atom is -0.371 e. The third-order valence-electron chi connectivity index (χ3n) is 3.97. The zero-order valence-electron chi connectivity index (χ0n) is 11.0. The molecule has 4 nitrogen and oxygen atoms in total. The Bertz CT molecular complexity index is 552. The maximum absolute atomic E-state index is 4.82. The first-order valence-corrected chi connectivity index (χ1v) is 6.60. The lowest BCUT2D eigenvalue weighted by molar-refractivity contribution is 0.331. The highest BCUT2D eigenvalue weighted by atomic mass is 15.0. The highest BCUT2D eigenvalue weighted by Crippen LogP contribution is 2.31. The van der Waals surface area contributed by atoms with Gasteiger partial charge in [-0.1, -0.05) is 6.92 Å². The van der Waals surface area contributed by atoms with E-state index in [9.17, 15) is 0 Å². The van der Waals surface area contributed by atoms with Gasteiger partial charge in [-0.15, -0.1) is 0 Å². The highest BCUT2D eigenvalue weighted by Gasteiger charge is 2.31. The lowest BCUT2D eigenvalue weighted by Crippen LogP contribution is -2.41. The Labute approximate surface area is 107 Å². The maximum Gasteiger partial charge on any atom is 0.150 e. The van der Waals surface area contributed by atoms with Crippen LogP contribution in [0.15, 0.2) is 24.5 Å². The lowest BCUT2D eigenvalue weighted by Gasteiger charge is -2.33. The van der Waals surface area contributed by atoms with Crippen molar-refractivity contribution in [3.8, 4) is 0 Å². The summed E-state index contributed by atoms with van der Waals surface area (Å²) in [4.78, 5) is 4.82. The minimum atomic E-state index is 0.141. The fraction of sp³-hybridized carbons (Fsp3) is 0.500. The van der Waals surface area contributed by atoms with Crippen molar-refractivity contribution in [2.75, 3.05) is 25.5 Å². The number of aromatic nitrogens is 2. The van der Waals surface area contributed by atoms with Crippen molar-refractivity contribution < 1.29 is 0 Å². The topological polar surface area (TPSA) is 41.4 Å². The molecule has 0 unspecified atom stereocenters. The van der Waals surface area contributed by atoms with E-state index in [4.69, 9.17) is 4.98 Å². The summed E-state index contributed by atoms with van der Waals surface area (Å²) in [5.41, 5.74) is 2.44. The molecule has 0 aromatic carbocycles. The van der Waals surface area contributed by atoms with Gasteiger partial charge in [-0.05, 0) is 31.5 Å². The zero-order chi connectivity index (χ0) is 12.6. The molecule has 4 heteroatoms. The summed E-state index contributed by atoms with van der Waals surface area (Å²) in [6.07, 6.45) is 6.67. The van der Waals surface area contributed by atoms with E-state index in [-0.39, 0.29) is 5.41 Å². The van der Waals surface area contributed by atoms with Crippen LogP contribution in [-0.4, -0.2) is 29.5 Å². The van der Waals surface area contributed by atoms with E-state index < -0.39 is 0 Å². The number of rotatable bonds is 2. The van der Waals surface area contributed by atoms with Crippen LogP contribution in [0.4, 0.5) is 5.82 Å². The molecule has 1 aliphatic heterocycles. The summed E-state index contributed by atoms with van der Waals surface area (Å²) in [5.74, 6) is 0.962. The monoisotopic (exact) mass is 244 g/mol. The third-order valence-corrected chi connectivity index (χ3v) is 3.97. The van der Waals surface area contributed by atoms with Crippen LogP contribution < -0.4 is 10.6 Å². The van der Waals surface area contributed by atoms with Gasteiger partial charge in [0.15, 0.2) is 0 Å². The molecule has 2 aromatic rings. The van der Waals surface area contributed by atoms with Gasteiger partial charge in [-0.2, -0.15) is 0 Å². The van der Waals surface area contributed by atoms with Gasteiger partial charge in [0, 0.05) is 31.4 Å². The first-order valence-electron chi connectivity index (χ1n) is 6.60.